The first-order valence-corrected chi connectivity index (χ1v) is 13.8. The summed E-state index contributed by atoms with van der Waals surface area (Å²) >= 11 is 1.70. The number of para-hydroxylation sites is 3. The lowest BCUT2D eigenvalue weighted by Gasteiger charge is -2.12. The highest BCUT2D eigenvalue weighted by Crippen LogP contribution is 2.47. The van der Waals surface area contributed by atoms with Crippen molar-refractivity contribution < 1.29 is 0 Å². The predicted octanol–water partition coefficient (Wildman–Crippen LogP) is 8.77. The van der Waals surface area contributed by atoms with E-state index in [9.17, 15) is 0 Å². The van der Waals surface area contributed by atoms with E-state index in [0.29, 0.717) is 5.82 Å². The molecule has 0 saturated carbocycles. The maximum atomic E-state index is 6.96. The maximum Gasteiger partial charge on any atom is 0.117 e. The first kappa shape index (κ1) is 22.0. The van der Waals surface area contributed by atoms with E-state index in [1.54, 1.807) is 11.3 Å². The van der Waals surface area contributed by atoms with E-state index in [0.717, 1.165) is 48.5 Å². The second-order valence-corrected chi connectivity index (χ2v) is 10.9. The smallest absolute Gasteiger partial charge is 0.117 e. The van der Waals surface area contributed by atoms with E-state index in [-0.39, 0.29) is 0 Å². The van der Waals surface area contributed by atoms with Gasteiger partial charge >= 0.3 is 0 Å². The van der Waals surface area contributed by atoms with Crippen molar-refractivity contribution in [2.24, 2.45) is 0 Å². The van der Waals surface area contributed by atoms with Crippen LogP contribution in [0.4, 0.5) is 11.5 Å². The van der Waals surface area contributed by atoms with Gasteiger partial charge in [-0.25, -0.2) is 0 Å². The zero-order chi connectivity index (χ0) is 26.1. The summed E-state index contributed by atoms with van der Waals surface area (Å²) < 4.78 is 5.63. The molecule has 4 N–H and O–H groups in total. The largest absolute Gasteiger partial charge is 0.397 e. The zero-order valence-corrected chi connectivity index (χ0v) is 21.8. The Morgan fingerprint density at radius 2 is 0.923 bits per heavy atom. The quantitative estimate of drug-likeness (QED) is 0.245. The standard InChI is InChI=1S/C34H24N4S/c35-32-26-12-4-8-16-30(26)39-33(32)31-25-11-3-7-15-29(25)38(34(31)36)22-19-17-21(18-20-22)37-27-13-5-1-9-23(27)24-10-2-6-14-28(24)37/h1-20H,35-36H2. The summed E-state index contributed by atoms with van der Waals surface area (Å²) in [7, 11) is 0. The van der Waals surface area contributed by atoms with E-state index < -0.39 is 0 Å². The molecule has 0 atom stereocenters. The molecule has 0 aliphatic carbocycles. The van der Waals surface area contributed by atoms with E-state index in [2.05, 4.69) is 118 Å². The van der Waals surface area contributed by atoms with Gasteiger partial charge in [0.15, 0.2) is 0 Å². The van der Waals surface area contributed by atoms with Crippen LogP contribution in [-0.4, -0.2) is 9.13 Å². The van der Waals surface area contributed by atoms with Crippen LogP contribution in [0.2, 0.25) is 0 Å². The van der Waals surface area contributed by atoms with Crippen molar-refractivity contribution >= 4 is 65.6 Å². The number of nitrogens with two attached hydrogens (primary N) is 2. The van der Waals surface area contributed by atoms with Crippen LogP contribution < -0.4 is 11.5 Å². The SMILES string of the molecule is Nc1c(-c2c(N)n(-c3ccc(-n4c5ccccc5c5ccccc54)cc3)c3ccccc23)sc2ccccc12. The summed E-state index contributed by atoms with van der Waals surface area (Å²) in [4.78, 5) is 1.02. The van der Waals surface area contributed by atoms with Gasteiger partial charge in [0.05, 0.1) is 27.1 Å². The van der Waals surface area contributed by atoms with Crippen molar-refractivity contribution in [3.8, 4) is 21.8 Å². The molecule has 8 aromatic rings. The fourth-order valence-corrected chi connectivity index (χ4v) is 7.17. The summed E-state index contributed by atoms with van der Waals surface area (Å²) in [6, 6.07) is 42.4. The third-order valence-electron chi connectivity index (χ3n) is 7.72. The van der Waals surface area contributed by atoms with E-state index in [4.69, 9.17) is 11.5 Å². The number of nitrogens with zero attached hydrogens (tertiary/aromatic N) is 2. The van der Waals surface area contributed by atoms with E-state index >= 15 is 0 Å². The maximum absolute atomic E-state index is 6.96. The van der Waals surface area contributed by atoms with Gasteiger partial charge in [-0.05, 0) is 48.5 Å². The van der Waals surface area contributed by atoms with Crippen LogP contribution in [0.15, 0.2) is 121 Å². The van der Waals surface area contributed by atoms with Gasteiger partial charge in [0.1, 0.15) is 5.82 Å². The molecule has 39 heavy (non-hydrogen) atoms. The topological polar surface area (TPSA) is 61.9 Å². The van der Waals surface area contributed by atoms with Gasteiger partial charge in [-0.15, -0.1) is 11.3 Å². The summed E-state index contributed by atoms with van der Waals surface area (Å²) in [6.07, 6.45) is 0. The minimum absolute atomic E-state index is 0.694. The number of fused-ring (bicyclic) bond motifs is 5. The van der Waals surface area contributed by atoms with Gasteiger partial charge < -0.3 is 16.0 Å². The van der Waals surface area contributed by atoms with Gasteiger partial charge in [-0.2, -0.15) is 0 Å². The highest BCUT2D eigenvalue weighted by atomic mass is 32.1. The first-order chi connectivity index (χ1) is 19.2. The number of rotatable bonds is 3. The first-order valence-electron chi connectivity index (χ1n) is 13.0. The molecule has 0 fully saturated rings. The monoisotopic (exact) mass is 520 g/mol. The summed E-state index contributed by atoms with van der Waals surface area (Å²) in [5.41, 5.74) is 21.0. The number of hydrogen-bond acceptors (Lipinski definition) is 3. The van der Waals surface area contributed by atoms with Crippen molar-refractivity contribution in [3.05, 3.63) is 121 Å². The Hall–Kier alpha value is -5.00. The molecule has 186 valence electrons. The molecular formula is C34H24N4S. The lowest BCUT2D eigenvalue weighted by atomic mass is 10.1. The molecule has 3 aromatic heterocycles. The molecular weight excluding hydrogens is 496 g/mol. The molecule has 5 aromatic carbocycles. The Labute approximate surface area is 228 Å². The molecule has 0 aliphatic rings. The van der Waals surface area contributed by atoms with Crippen LogP contribution in [0.3, 0.4) is 0 Å². The van der Waals surface area contributed by atoms with E-state index in [1.165, 1.54) is 21.8 Å². The number of hydrogen-bond donors (Lipinski definition) is 2. The summed E-state index contributed by atoms with van der Waals surface area (Å²) in [6.45, 7) is 0. The van der Waals surface area contributed by atoms with Crippen LogP contribution in [-0.2, 0) is 0 Å². The summed E-state index contributed by atoms with van der Waals surface area (Å²) in [5.74, 6) is 0.694. The Kier molecular flexibility index (Phi) is 4.66. The van der Waals surface area contributed by atoms with Gasteiger partial charge in [0.2, 0.25) is 0 Å². The number of thiophene rings is 1. The number of nitrogen functional groups attached to an aromatic ring is 2. The minimum Gasteiger partial charge on any atom is -0.397 e. The van der Waals surface area contributed by atoms with Gasteiger partial charge in [-0.3, -0.25) is 4.57 Å². The van der Waals surface area contributed by atoms with Crippen molar-refractivity contribution in [2.45, 2.75) is 0 Å². The number of benzene rings is 5. The second-order valence-electron chi connectivity index (χ2n) is 9.84. The molecule has 0 bridgehead atoms. The van der Waals surface area contributed by atoms with Crippen molar-refractivity contribution in [2.75, 3.05) is 11.5 Å². The van der Waals surface area contributed by atoms with Gasteiger partial charge in [-0.1, -0.05) is 72.8 Å². The molecule has 4 nitrogen and oxygen atoms in total. The zero-order valence-electron chi connectivity index (χ0n) is 21.0. The molecule has 0 spiro atoms. The highest BCUT2D eigenvalue weighted by molar-refractivity contribution is 7.23. The van der Waals surface area contributed by atoms with Crippen molar-refractivity contribution in [3.63, 3.8) is 0 Å². The molecule has 0 saturated heterocycles. The van der Waals surface area contributed by atoms with Gasteiger partial charge in [0, 0.05) is 43.2 Å². The Bertz CT molecular complexity index is 2140. The van der Waals surface area contributed by atoms with Crippen LogP contribution in [0.5, 0.6) is 0 Å². The van der Waals surface area contributed by atoms with Gasteiger partial charge in [0.25, 0.3) is 0 Å². The third-order valence-corrected chi connectivity index (χ3v) is 8.92. The number of anilines is 2. The van der Waals surface area contributed by atoms with Crippen LogP contribution in [0.1, 0.15) is 0 Å². The van der Waals surface area contributed by atoms with Crippen molar-refractivity contribution in [1.29, 1.82) is 0 Å². The lowest BCUT2D eigenvalue weighted by molar-refractivity contribution is 1.12. The third kappa shape index (κ3) is 3.11. The molecule has 0 unspecified atom stereocenters. The normalized spacial score (nSPS) is 11.8. The molecule has 8 rings (SSSR count). The van der Waals surface area contributed by atoms with Crippen LogP contribution in [0, 0.1) is 0 Å². The average molecular weight is 521 g/mol. The molecule has 0 radical (unpaired) electrons. The predicted molar refractivity (Wildman–Crippen MR) is 167 cm³/mol. The summed E-state index contributed by atoms with van der Waals surface area (Å²) in [5, 5.41) is 4.68. The van der Waals surface area contributed by atoms with Crippen LogP contribution >= 0.6 is 11.3 Å². The Morgan fingerprint density at radius 3 is 1.51 bits per heavy atom. The minimum atomic E-state index is 0.694. The number of aromatic nitrogens is 2. The van der Waals surface area contributed by atoms with Crippen LogP contribution in [0.25, 0.3) is 64.6 Å². The average Bonchev–Trinajstić information content (AvgIpc) is 3.60. The second kappa shape index (κ2) is 8.25. The lowest BCUT2D eigenvalue weighted by Crippen LogP contribution is -2.01. The highest BCUT2D eigenvalue weighted by Gasteiger charge is 2.22. The Morgan fingerprint density at radius 1 is 0.462 bits per heavy atom. The molecule has 5 heteroatoms. The molecule has 3 heterocycles. The Balaban J connectivity index is 1.32. The molecule has 0 aliphatic heterocycles. The molecule has 0 amide bonds. The van der Waals surface area contributed by atoms with E-state index in [1.807, 2.05) is 12.1 Å². The van der Waals surface area contributed by atoms with Crippen molar-refractivity contribution in [1.82, 2.24) is 9.13 Å². The fourth-order valence-electron chi connectivity index (χ4n) is 5.98. The fraction of sp³-hybridized carbons (Fsp3) is 0.